The van der Waals surface area contributed by atoms with Crippen LogP contribution in [-0.4, -0.2) is 74.1 Å². The van der Waals surface area contributed by atoms with Gasteiger partial charge in [0, 0.05) is 19.3 Å². The molecule has 0 fully saturated rings. The van der Waals surface area contributed by atoms with Crippen molar-refractivity contribution in [3.8, 4) is 0 Å². The number of aromatic nitrogens is 2. The van der Waals surface area contributed by atoms with Gasteiger partial charge in [0.25, 0.3) is 0 Å². The Morgan fingerprint density at radius 1 is 0.852 bits per heavy atom. The molecule has 1 aliphatic heterocycles. The molecular weight excluding hydrogens is 338 g/mol. The molecule has 3 heterocycles. The Hall–Kier alpha value is -2.38. The predicted molar refractivity (Wildman–Crippen MR) is 113 cm³/mol. The maximum atomic E-state index is 6.04. The van der Waals surface area contributed by atoms with Crippen LogP contribution in [-0.2, 0) is 0 Å². The molecule has 1 aliphatic rings. The number of rotatable bonds is 8. The number of nitrogens with two attached hydrogens (primary N) is 1. The van der Waals surface area contributed by atoms with E-state index < -0.39 is 0 Å². The third-order valence-corrected chi connectivity index (χ3v) is 4.71. The number of nitrogens with zero attached hydrogens (tertiary/aromatic N) is 6. The molecule has 2 aromatic heterocycles. The first-order valence-corrected chi connectivity index (χ1v) is 9.53. The molecule has 0 saturated heterocycles. The van der Waals surface area contributed by atoms with E-state index in [4.69, 9.17) is 15.7 Å². The molecule has 2 N–H and O–H groups in total. The second kappa shape index (κ2) is 8.54. The van der Waals surface area contributed by atoms with Gasteiger partial charge in [-0.1, -0.05) is 0 Å². The summed E-state index contributed by atoms with van der Waals surface area (Å²) in [5.41, 5.74) is 8.23. The summed E-state index contributed by atoms with van der Waals surface area (Å²) in [6.45, 7) is 3.83. The molecule has 0 radical (unpaired) electrons. The van der Waals surface area contributed by atoms with Crippen molar-refractivity contribution in [3.05, 3.63) is 30.5 Å². The molecule has 2 aromatic rings. The highest BCUT2D eigenvalue weighted by Crippen LogP contribution is 2.45. The van der Waals surface area contributed by atoms with Crippen LogP contribution in [0.1, 0.15) is 12.8 Å². The predicted octanol–water partition coefficient (Wildman–Crippen LogP) is 2.55. The van der Waals surface area contributed by atoms with Crippen molar-refractivity contribution in [2.24, 2.45) is 0 Å². The van der Waals surface area contributed by atoms with Crippen LogP contribution >= 0.6 is 0 Å². The minimum Gasteiger partial charge on any atom is -0.384 e. The van der Waals surface area contributed by atoms with Gasteiger partial charge in [-0.3, -0.25) is 0 Å². The maximum Gasteiger partial charge on any atom is 0.159 e. The van der Waals surface area contributed by atoms with Gasteiger partial charge in [-0.25, -0.2) is 9.97 Å². The lowest BCUT2D eigenvalue weighted by molar-refractivity contribution is 0.401. The molecule has 27 heavy (non-hydrogen) atoms. The molecule has 3 rings (SSSR count). The summed E-state index contributed by atoms with van der Waals surface area (Å²) < 4.78 is 0. The molecular formula is C20H31N7. The molecule has 0 spiro atoms. The van der Waals surface area contributed by atoms with E-state index in [0.29, 0.717) is 5.82 Å². The van der Waals surface area contributed by atoms with Gasteiger partial charge in [-0.15, -0.1) is 0 Å². The van der Waals surface area contributed by atoms with Crippen LogP contribution in [0.15, 0.2) is 30.5 Å². The average molecular weight is 370 g/mol. The zero-order valence-corrected chi connectivity index (χ0v) is 16.9. The van der Waals surface area contributed by atoms with Crippen molar-refractivity contribution in [1.82, 2.24) is 19.8 Å². The first-order chi connectivity index (χ1) is 13.0. The summed E-state index contributed by atoms with van der Waals surface area (Å²) in [5, 5.41) is 0. The molecule has 0 aliphatic carbocycles. The van der Waals surface area contributed by atoms with E-state index in [9.17, 15) is 0 Å². The smallest absolute Gasteiger partial charge is 0.159 e. The fourth-order valence-corrected chi connectivity index (χ4v) is 3.44. The van der Waals surface area contributed by atoms with Crippen LogP contribution in [0, 0.1) is 0 Å². The maximum absolute atomic E-state index is 6.04. The van der Waals surface area contributed by atoms with E-state index in [2.05, 4.69) is 59.9 Å². The Morgan fingerprint density at radius 2 is 1.44 bits per heavy atom. The molecule has 146 valence electrons. The van der Waals surface area contributed by atoms with Crippen LogP contribution in [0.25, 0.3) is 0 Å². The van der Waals surface area contributed by atoms with E-state index >= 15 is 0 Å². The van der Waals surface area contributed by atoms with E-state index in [1.54, 1.807) is 0 Å². The Balaban J connectivity index is 1.95. The van der Waals surface area contributed by atoms with Gasteiger partial charge in [-0.2, -0.15) is 0 Å². The lowest BCUT2D eigenvalue weighted by atomic mass is 10.1. The summed E-state index contributed by atoms with van der Waals surface area (Å²) >= 11 is 0. The average Bonchev–Trinajstić information content (AvgIpc) is 2.62. The summed E-state index contributed by atoms with van der Waals surface area (Å²) in [5.74, 6) is 2.48. The van der Waals surface area contributed by atoms with Crippen molar-refractivity contribution in [2.75, 3.05) is 69.9 Å². The summed E-state index contributed by atoms with van der Waals surface area (Å²) in [6, 6.07) is 8.07. The third-order valence-electron chi connectivity index (χ3n) is 4.71. The van der Waals surface area contributed by atoms with Crippen LogP contribution in [0.4, 0.5) is 28.8 Å². The highest BCUT2D eigenvalue weighted by molar-refractivity contribution is 5.90. The molecule has 7 heteroatoms. The first kappa shape index (κ1) is 19.4. The van der Waals surface area contributed by atoms with Gasteiger partial charge in [0.1, 0.15) is 5.82 Å². The Bertz CT molecular complexity index is 760. The minimum absolute atomic E-state index is 0.548. The van der Waals surface area contributed by atoms with Gasteiger partial charge in [-0.05, 0) is 78.4 Å². The summed E-state index contributed by atoms with van der Waals surface area (Å²) in [6.07, 6.45) is 3.96. The topological polar surface area (TPSA) is 64.8 Å². The van der Waals surface area contributed by atoms with Gasteiger partial charge < -0.3 is 25.3 Å². The van der Waals surface area contributed by atoms with Gasteiger partial charge in [0.05, 0.1) is 11.4 Å². The van der Waals surface area contributed by atoms with Gasteiger partial charge in [0.2, 0.25) is 0 Å². The molecule has 0 aromatic carbocycles. The molecule has 0 amide bonds. The Kier molecular flexibility index (Phi) is 6.13. The monoisotopic (exact) mass is 369 g/mol. The van der Waals surface area contributed by atoms with Crippen molar-refractivity contribution < 1.29 is 0 Å². The van der Waals surface area contributed by atoms with Crippen molar-refractivity contribution in [2.45, 2.75) is 12.8 Å². The van der Waals surface area contributed by atoms with E-state index in [1.807, 2.05) is 18.3 Å². The molecule has 0 bridgehead atoms. The number of nitrogen functional groups attached to an aromatic ring is 1. The molecule has 0 unspecified atom stereocenters. The van der Waals surface area contributed by atoms with Crippen LogP contribution in [0.3, 0.4) is 0 Å². The minimum atomic E-state index is 0.548. The van der Waals surface area contributed by atoms with Gasteiger partial charge >= 0.3 is 0 Å². The second-order valence-electron chi connectivity index (χ2n) is 7.54. The van der Waals surface area contributed by atoms with Gasteiger partial charge in [0.15, 0.2) is 11.6 Å². The Labute approximate surface area is 162 Å². The highest BCUT2D eigenvalue weighted by Gasteiger charge is 2.30. The normalized spacial score (nSPS) is 13.3. The van der Waals surface area contributed by atoms with Crippen molar-refractivity contribution in [1.29, 1.82) is 0 Å². The number of hydrogen-bond acceptors (Lipinski definition) is 7. The van der Waals surface area contributed by atoms with E-state index in [-0.39, 0.29) is 0 Å². The van der Waals surface area contributed by atoms with E-state index in [0.717, 1.165) is 62.0 Å². The van der Waals surface area contributed by atoms with Crippen molar-refractivity contribution >= 4 is 28.8 Å². The van der Waals surface area contributed by atoms with Crippen LogP contribution in [0.2, 0.25) is 0 Å². The lowest BCUT2D eigenvalue weighted by Gasteiger charge is -2.38. The summed E-state index contributed by atoms with van der Waals surface area (Å²) in [7, 11) is 8.40. The first-order valence-electron chi connectivity index (χ1n) is 9.53. The fraction of sp³-hybridized carbons (Fsp3) is 0.500. The van der Waals surface area contributed by atoms with E-state index in [1.165, 1.54) is 0 Å². The Morgan fingerprint density at radius 3 is 2.07 bits per heavy atom. The standard InChI is InChI=1S/C20H31N7/c1-24(2)12-6-14-26-17-9-10-18(21)23-20(17)27(15-7-13-25(3)4)16-8-5-11-22-19(16)26/h5,8-11H,6-7,12-15H2,1-4H3,(H2,21,23). The zero-order valence-electron chi connectivity index (χ0n) is 16.9. The summed E-state index contributed by atoms with van der Waals surface area (Å²) in [4.78, 5) is 18.4. The number of fused-ring (bicyclic) bond motifs is 2. The van der Waals surface area contributed by atoms with Crippen LogP contribution in [0.5, 0.6) is 0 Å². The molecule has 7 nitrogen and oxygen atoms in total. The molecule has 0 atom stereocenters. The fourth-order valence-electron chi connectivity index (χ4n) is 3.44. The highest BCUT2D eigenvalue weighted by atomic mass is 15.3. The number of pyridine rings is 2. The lowest BCUT2D eigenvalue weighted by Crippen LogP contribution is -2.34. The van der Waals surface area contributed by atoms with Crippen LogP contribution < -0.4 is 15.5 Å². The number of anilines is 5. The largest absolute Gasteiger partial charge is 0.384 e. The number of hydrogen-bond donors (Lipinski definition) is 1. The third kappa shape index (κ3) is 4.48. The SMILES string of the molecule is CN(C)CCCN1c2ccc(N)nc2N(CCCN(C)C)c2cccnc21. The zero-order chi connectivity index (χ0) is 19.4. The quantitative estimate of drug-likeness (QED) is 0.767. The van der Waals surface area contributed by atoms with Crippen molar-refractivity contribution in [3.63, 3.8) is 0 Å². The molecule has 0 saturated carbocycles. The second-order valence-corrected chi connectivity index (χ2v) is 7.54.